The Morgan fingerprint density at radius 1 is 1.28 bits per heavy atom. The summed E-state index contributed by atoms with van der Waals surface area (Å²) in [6.07, 6.45) is 6.17. The molecule has 3 aromatic rings. The van der Waals surface area contributed by atoms with E-state index in [1.54, 1.807) is 6.08 Å². The molecule has 39 heavy (non-hydrogen) atoms. The summed E-state index contributed by atoms with van der Waals surface area (Å²) in [5, 5.41) is 27.4. The van der Waals surface area contributed by atoms with Gasteiger partial charge >= 0.3 is 0 Å². The SMILES string of the molecule is N#Cc1cnc2c(NC(=O)C=C3CCNCC3)c(OC3CCOC3)ccc2c1N1c2ccccc2CC1CO. The lowest BCUT2D eigenvalue weighted by atomic mass is 10.0. The Hall–Kier alpha value is -3.97. The number of carbonyl (C=O) groups is 1. The van der Waals surface area contributed by atoms with Crippen molar-refractivity contribution in [1.29, 1.82) is 5.26 Å². The van der Waals surface area contributed by atoms with Gasteiger partial charge in [-0.2, -0.15) is 5.26 Å². The number of nitrogens with one attached hydrogen (secondary N) is 2. The number of para-hydroxylation sites is 1. The number of anilines is 3. The first-order valence-electron chi connectivity index (χ1n) is 13.5. The van der Waals surface area contributed by atoms with Crippen LogP contribution < -0.4 is 20.3 Å². The van der Waals surface area contributed by atoms with E-state index in [9.17, 15) is 15.2 Å². The Kier molecular flexibility index (Phi) is 7.16. The molecule has 3 aliphatic heterocycles. The van der Waals surface area contributed by atoms with Crippen LogP contribution in [0, 0.1) is 11.3 Å². The second-order valence-corrected chi connectivity index (χ2v) is 10.2. The molecule has 3 aliphatic rings. The molecular formula is C30H31N5O4. The van der Waals surface area contributed by atoms with Gasteiger partial charge in [0, 0.05) is 29.8 Å². The number of aromatic nitrogens is 1. The van der Waals surface area contributed by atoms with E-state index in [2.05, 4.69) is 21.7 Å². The second-order valence-electron chi connectivity index (χ2n) is 10.2. The first kappa shape index (κ1) is 25.3. The quantitative estimate of drug-likeness (QED) is 0.418. The van der Waals surface area contributed by atoms with Crippen molar-refractivity contribution in [2.75, 3.05) is 43.1 Å². The molecule has 2 saturated heterocycles. The van der Waals surface area contributed by atoms with E-state index in [4.69, 9.17) is 9.47 Å². The number of amides is 1. The maximum Gasteiger partial charge on any atom is 0.248 e. The van der Waals surface area contributed by atoms with Crippen LogP contribution >= 0.6 is 0 Å². The molecule has 0 aliphatic carbocycles. The summed E-state index contributed by atoms with van der Waals surface area (Å²) >= 11 is 0. The predicted molar refractivity (Wildman–Crippen MR) is 148 cm³/mol. The van der Waals surface area contributed by atoms with Gasteiger partial charge in [0.25, 0.3) is 0 Å². The number of benzene rings is 2. The van der Waals surface area contributed by atoms with E-state index >= 15 is 0 Å². The topological polar surface area (TPSA) is 120 Å². The summed E-state index contributed by atoms with van der Waals surface area (Å²) in [5.41, 5.74) is 5.20. The summed E-state index contributed by atoms with van der Waals surface area (Å²) in [5.74, 6) is 0.276. The lowest BCUT2D eigenvalue weighted by Gasteiger charge is -2.29. The molecule has 0 radical (unpaired) electrons. The Morgan fingerprint density at radius 2 is 2.13 bits per heavy atom. The number of pyridine rings is 1. The van der Waals surface area contributed by atoms with Gasteiger partial charge in [0.1, 0.15) is 23.6 Å². The molecule has 0 spiro atoms. The molecule has 2 unspecified atom stereocenters. The van der Waals surface area contributed by atoms with Crippen LogP contribution in [-0.4, -0.2) is 61.1 Å². The molecule has 1 amide bonds. The number of nitriles is 1. The van der Waals surface area contributed by atoms with Gasteiger partial charge in [-0.15, -0.1) is 0 Å². The second kappa shape index (κ2) is 11.0. The smallest absolute Gasteiger partial charge is 0.248 e. The standard InChI is InChI=1S/C30H31N5O4/c31-15-21-16-33-28-24(30(21)35-22(17-36)14-20-3-1-2-4-25(20)35)5-6-26(39-23-9-12-38-18-23)29(28)34-27(37)13-19-7-10-32-11-8-19/h1-6,13,16,22-23,32,36H,7-12,14,17-18H2,(H,34,37). The zero-order valence-corrected chi connectivity index (χ0v) is 21.7. The van der Waals surface area contributed by atoms with Crippen molar-refractivity contribution in [1.82, 2.24) is 10.3 Å². The lowest BCUT2D eigenvalue weighted by Crippen LogP contribution is -2.31. The van der Waals surface area contributed by atoms with Crippen molar-refractivity contribution in [2.45, 2.75) is 37.8 Å². The third kappa shape index (κ3) is 4.94. The van der Waals surface area contributed by atoms with Crippen LogP contribution in [0.4, 0.5) is 17.1 Å². The van der Waals surface area contributed by atoms with Crippen LogP contribution in [-0.2, 0) is 16.0 Å². The molecule has 9 heteroatoms. The first-order valence-corrected chi connectivity index (χ1v) is 13.5. The van der Waals surface area contributed by atoms with Crippen molar-refractivity contribution in [3.05, 3.63) is 65.4 Å². The Morgan fingerprint density at radius 3 is 2.90 bits per heavy atom. The molecule has 0 saturated carbocycles. The summed E-state index contributed by atoms with van der Waals surface area (Å²) in [7, 11) is 0. The monoisotopic (exact) mass is 525 g/mol. The summed E-state index contributed by atoms with van der Waals surface area (Å²) in [6.45, 7) is 2.75. The van der Waals surface area contributed by atoms with Crippen molar-refractivity contribution < 1.29 is 19.4 Å². The zero-order chi connectivity index (χ0) is 26.8. The first-order chi connectivity index (χ1) is 19.2. The molecule has 200 valence electrons. The maximum atomic E-state index is 13.2. The number of fused-ring (bicyclic) bond motifs is 2. The minimum absolute atomic E-state index is 0.0712. The lowest BCUT2D eigenvalue weighted by molar-refractivity contribution is -0.112. The minimum Gasteiger partial charge on any atom is -0.486 e. The fourth-order valence-corrected chi connectivity index (χ4v) is 5.73. The van der Waals surface area contributed by atoms with Crippen LogP contribution in [0.25, 0.3) is 10.9 Å². The van der Waals surface area contributed by atoms with Gasteiger partial charge in [0.05, 0.1) is 42.6 Å². The van der Waals surface area contributed by atoms with E-state index in [-0.39, 0.29) is 24.7 Å². The highest BCUT2D eigenvalue weighted by Crippen LogP contribution is 2.45. The average Bonchev–Trinajstić information content (AvgIpc) is 3.61. The van der Waals surface area contributed by atoms with Gasteiger partial charge in [-0.05, 0) is 56.1 Å². The fraction of sp³-hybridized carbons (Fsp3) is 0.367. The average molecular weight is 526 g/mol. The molecule has 1 aromatic heterocycles. The maximum absolute atomic E-state index is 13.2. The molecule has 0 bridgehead atoms. The highest BCUT2D eigenvalue weighted by atomic mass is 16.5. The van der Waals surface area contributed by atoms with Crippen molar-refractivity contribution >= 4 is 33.9 Å². The van der Waals surface area contributed by atoms with Crippen molar-refractivity contribution in [2.24, 2.45) is 0 Å². The molecule has 4 heterocycles. The highest BCUT2D eigenvalue weighted by molar-refractivity contribution is 6.10. The third-order valence-electron chi connectivity index (χ3n) is 7.63. The van der Waals surface area contributed by atoms with E-state index in [0.29, 0.717) is 53.2 Å². The van der Waals surface area contributed by atoms with Gasteiger partial charge < -0.3 is 30.1 Å². The Bertz CT molecular complexity index is 1470. The third-order valence-corrected chi connectivity index (χ3v) is 7.63. The summed E-state index contributed by atoms with van der Waals surface area (Å²) < 4.78 is 11.8. The van der Waals surface area contributed by atoms with Gasteiger partial charge in [0.2, 0.25) is 5.91 Å². The van der Waals surface area contributed by atoms with Crippen molar-refractivity contribution in [3.8, 4) is 11.8 Å². The number of hydrogen-bond acceptors (Lipinski definition) is 8. The van der Waals surface area contributed by atoms with Crippen LogP contribution in [0.15, 0.2) is 54.2 Å². The molecule has 3 N–H and O–H groups in total. The van der Waals surface area contributed by atoms with Crippen LogP contribution in [0.1, 0.15) is 30.4 Å². The summed E-state index contributed by atoms with van der Waals surface area (Å²) in [4.78, 5) is 19.9. The number of piperidine rings is 1. The number of ether oxygens (including phenoxy) is 2. The molecule has 2 aromatic carbocycles. The van der Waals surface area contributed by atoms with Gasteiger partial charge in [-0.1, -0.05) is 23.8 Å². The van der Waals surface area contributed by atoms with Crippen LogP contribution in [0.3, 0.4) is 0 Å². The van der Waals surface area contributed by atoms with Gasteiger partial charge in [0.15, 0.2) is 0 Å². The number of carbonyl (C=O) groups excluding carboxylic acids is 1. The highest BCUT2D eigenvalue weighted by Gasteiger charge is 2.33. The number of rotatable bonds is 6. The molecule has 2 atom stereocenters. The zero-order valence-electron chi connectivity index (χ0n) is 21.7. The van der Waals surface area contributed by atoms with Gasteiger partial charge in [-0.25, -0.2) is 0 Å². The number of aliphatic hydroxyl groups is 1. The normalized spacial score (nSPS) is 20.5. The van der Waals surface area contributed by atoms with Crippen LogP contribution in [0.5, 0.6) is 5.75 Å². The van der Waals surface area contributed by atoms with Crippen molar-refractivity contribution in [3.63, 3.8) is 0 Å². The predicted octanol–water partition coefficient (Wildman–Crippen LogP) is 3.58. The largest absolute Gasteiger partial charge is 0.486 e. The summed E-state index contributed by atoms with van der Waals surface area (Å²) in [6, 6.07) is 13.8. The molecule has 6 rings (SSSR count). The molecule has 2 fully saturated rings. The number of hydrogen-bond donors (Lipinski definition) is 3. The van der Waals surface area contributed by atoms with E-state index in [1.807, 2.05) is 41.3 Å². The number of nitrogens with zero attached hydrogens (tertiary/aromatic N) is 3. The minimum atomic E-state index is -0.237. The molecular weight excluding hydrogens is 494 g/mol. The number of aliphatic hydroxyl groups excluding tert-OH is 1. The van der Waals surface area contributed by atoms with Gasteiger partial charge in [-0.3, -0.25) is 9.78 Å². The van der Waals surface area contributed by atoms with Crippen LogP contribution in [0.2, 0.25) is 0 Å². The van der Waals surface area contributed by atoms with E-state index in [0.717, 1.165) is 49.2 Å². The Balaban J connectivity index is 1.49. The Labute approximate surface area is 227 Å². The van der Waals surface area contributed by atoms with E-state index in [1.165, 1.54) is 6.20 Å². The molecule has 9 nitrogen and oxygen atoms in total. The fourth-order valence-electron chi connectivity index (χ4n) is 5.73. The van der Waals surface area contributed by atoms with E-state index < -0.39 is 0 Å².